The molecule has 2 aromatic rings. The highest BCUT2D eigenvalue weighted by Crippen LogP contribution is 2.50. The number of nitrogens with zero attached hydrogens (tertiary/aromatic N) is 1. The fourth-order valence-corrected chi connectivity index (χ4v) is 4.12. The molecule has 3 atom stereocenters. The van der Waals surface area contributed by atoms with Crippen molar-refractivity contribution in [3.63, 3.8) is 0 Å². The molecule has 2 aromatic carbocycles. The van der Waals surface area contributed by atoms with E-state index in [2.05, 4.69) is 0 Å². The third kappa shape index (κ3) is 2.55. The summed E-state index contributed by atoms with van der Waals surface area (Å²) >= 11 is 1.41. The Morgan fingerprint density at radius 3 is 2.73 bits per heavy atom. The molecule has 0 bridgehead atoms. The summed E-state index contributed by atoms with van der Waals surface area (Å²) in [6.07, 6.45) is -1.12. The van der Waals surface area contributed by atoms with Gasteiger partial charge in [0.25, 0.3) is 6.04 Å². The molecule has 0 aliphatic carbocycles. The van der Waals surface area contributed by atoms with Crippen molar-refractivity contribution in [1.29, 1.82) is 0 Å². The molecule has 5 nitrogen and oxygen atoms in total. The molecule has 1 aliphatic rings. The third-order valence-corrected chi connectivity index (χ3v) is 5.22. The van der Waals surface area contributed by atoms with E-state index in [1.54, 1.807) is 37.4 Å². The van der Waals surface area contributed by atoms with E-state index in [0.29, 0.717) is 11.3 Å². The van der Waals surface area contributed by atoms with Gasteiger partial charge in [-0.1, -0.05) is 30.3 Å². The summed E-state index contributed by atoms with van der Waals surface area (Å²) in [6.45, 7) is 0. The molecule has 3 rings (SSSR count). The van der Waals surface area contributed by atoms with E-state index in [9.17, 15) is 15.2 Å². The quantitative estimate of drug-likeness (QED) is 0.695. The summed E-state index contributed by atoms with van der Waals surface area (Å²) in [6, 6.07) is 13.4. The Bertz CT molecular complexity index is 706. The Hall–Kier alpha value is -2.05. The van der Waals surface area contributed by atoms with Gasteiger partial charge in [0.2, 0.25) is 0 Å². The van der Waals surface area contributed by atoms with E-state index in [4.69, 9.17) is 4.74 Å². The van der Waals surface area contributed by atoms with Gasteiger partial charge in [-0.05, 0) is 23.8 Å². The molecule has 6 heteroatoms. The molecule has 114 valence electrons. The number of fused-ring (bicyclic) bond motifs is 1. The van der Waals surface area contributed by atoms with E-state index in [-0.39, 0.29) is 0 Å². The molecular weight excluding hydrogens is 302 g/mol. The molecule has 1 aliphatic heterocycles. The lowest BCUT2D eigenvalue weighted by Crippen LogP contribution is -2.35. The molecule has 0 radical (unpaired) electrons. The van der Waals surface area contributed by atoms with Crippen LogP contribution in [0.4, 0.5) is 0 Å². The van der Waals surface area contributed by atoms with E-state index >= 15 is 0 Å². The number of thioether (sulfide) groups is 1. The average Bonchev–Trinajstić information content (AvgIpc) is 2.54. The Balaban J connectivity index is 2.07. The molecule has 0 unspecified atom stereocenters. The second kappa shape index (κ2) is 5.98. The van der Waals surface area contributed by atoms with Gasteiger partial charge < -0.3 is 9.84 Å². The summed E-state index contributed by atoms with van der Waals surface area (Å²) in [4.78, 5) is 12.0. The van der Waals surface area contributed by atoms with Crippen molar-refractivity contribution in [3.8, 4) is 5.75 Å². The first-order valence-corrected chi connectivity index (χ1v) is 7.71. The van der Waals surface area contributed by atoms with Crippen LogP contribution in [0.5, 0.6) is 5.75 Å². The van der Waals surface area contributed by atoms with Gasteiger partial charge in [0.1, 0.15) is 17.1 Å². The maximum atomic E-state index is 11.5. The van der Waals surface area contributed by atoms with Gasteiger partial charge in [0.05, 0.1) is 7.11 Å². The molecule has 22 heavy (non-hydrogen) atoms. The van der Waals surface area contributed by atoms with Crippen molar-refractivity contribution in [2.45, 2.75) is 22.3 Å². The first-order chi connectivity index (χ1) is 10.6. The lowest BCUT2D eigenvalue weighted by atomic mass is 9.95. The summed E-state index contributed by atoms with van der Waals surface area (Å²) in [5.74, 6) is 0.647. The van der Waals surface area contributed by atoms with Crippen molar-refractivity contribution in [1.82, 2.24) is 0 Å². The van der Waals surface area contributed by atoms with Gasteiger partial charge in [-0.2, -0.15) is 0 Å². The van der Waals surface area contributed by atoms with Crippen LogP contribution in [0.15, 0.2) is 53.4 Å². The van der Waals surface area contributed by atoms with Crippen molar-refractivity contribution < 1.29 is 14.8 Å². The number of nitro groups is 1. The summed E-state index contributed by atoms with van der Waals surface area (Å²) in [7, 11) is 1.56. The van der Waals surface area contributed by atoms with Crippen LogP contribution in [0.3, 0.4) is 0 Å². The van der Waals surface area contributed by atoms with Crippen molar-refractivity contribution >= 4 is 11.8 Å². The average molecular weight is 317 g/mol. The number of hydrogen-bond acceptors (Lipinski definition) is 5. The van der Waals surface area contributed by atoms with Crippen LogP contribution in [0.25, 0.3) is 0 Å². The Morgan fingerprint density at radius 1 is 1.23 bits per heavy atom. The van der Waals surface area contributed by atoms with E-state index < -0.39 is 22.3 Å². The van der Waals surface area contributed by atoms with Gasteiger partial charge in [0.15, 0.2) is 0 Å². The van der Waals surface area contributed by atoms with E-state index in [1.807, 2.05) is 18.2 Å². The smallest absolute Gasteiger partial charge is 0.258 e. The highest BCUT2D eigenvalue weighted by molar-refractivity contribution is 7.99. The van der Waals surface area contributed by atoms with Crippen LogP contribution in [0.1, 0.15) is 22.5 Å². The molecule has 1 N–H and O–H groups in total. The van der Waals surface area contributed by atoms with Gasteiger partial charge in [-0.15, -0.1) is 11.8 Å². The minimum atomic E-state index is -1.12. The van der Waals surface area contributed by atoms with Crippen LogP contribution < -0.4 is 4.74 Å². The Kier molecular flexibility index (Phi) is 4.04. The van der Waals surface area contributed by atoms with Crippen LogP contribution in [-0.2, 0) is 0 Å². The summed E-state index contributed by atoms with van der Waals surface area (Å²) < 4.78 is 5.20. The molecule has 0 spiro atoms. The number of benzene rings is 2. The predicted molar refractivity (Wildman–Crippen MR) is 83.8 cm³/mol. The zero-order chi connectivity index (χ0) is 15.7. The molecule has 0 saturated carbocycles. The van der Waals surface area contributed by atoms with Crippen LogP contribution in [0, 0.1) is 10.1 Å². The Labute approximate surface area is 132 Å². The summed E-state index contributed by atoms with van der Waals surface area (Å²) in [5.41, 5.74) is 1.40. The first kappa shape index (κ1) is 14.9. The lowest BCUT2D eigenvalue weighted by Gasteiger charge is -2.31. The summed E-state index contributed by atoms with van der Waals surface area (Å²) in [5, 5.41) is 21.5. The lowest BCUT2D eigenvalue weighted by molar-refractivity contribution is -0.536. The fraction of sp³-hybridized carbons (Fsp3) is 0.250. The normalized spacial score (nSPS) is 23.6. The van der Waals surface area contributed by atoms with Crippen molar-refractivity contribution in [3.05, 3.63) is 69.8 Å². The van der Waals surface area contributed by atoms with Crippen molar-refractivity contribution in [2.75, 3.05) is 7.11 Å². The maximum absolute atomic E-state index is 11.5. The van der Waals surface area contributed by atoms with Crippen molar-refractivity contribution in [2.24, 2.45) is 0 Å². The standard InChI is InChI=1S/C16H15NO4S/c1-21-11-6-4-5-10(9-11)16-14(17(19)20)15(18)12-7-2-3-8-13(12)22-16/h2-9,14-16,18H,1H3/t14-,15-,16+/m1/s1. The number of aliphatic hydroxyl groups is 1. The molecule has 1 heterocycles. The molecule has 0 aromatic heterocycles. The number of rotatable bonds is 3. The zero-order valence-corrected chi connectivity index (χ0v) is 12.7. The van der Waals surface area contributed by atoms with Gasteiger partial charge in [-0.25, -0.2) is 0 Å². The Morgan fingerprint density at radius 2 is 2.00 bits per heavy atom. The fourth-order valence-electron chi connectivity index (χ4n) is 2.70. The largest absolute Gasteiger partial charge is 0.497 e. The van der Waals surface area contributed by atoms with Crippen LogP contribution >= 0.6 is 11.8 Å². The van der Waals surface area contributed by atoms with E-state index in [1.165, 1.54) is 11.8 Å². The van der Waals surface area contributed by atoms with Gasteiger partial charge in [0, 0.05) is 15.4 Å². The van der Waals surface area contributed by atoms with Crippen LogP contribution in [-0.4, -0.2) is 23.2 Å². The SMILES string of the molecule is COc1cccc([C@@H]2Sc3ccccc3[C@@H](O)[C@H]2[N+](=O)[O-])c1. The third-order valence-electron chi connectivity index (χ3n) is 3.79. The maximum Gasteiger partial charge on any atom is 0.258 e. The topological polar surface area (TPSA) is 72.6 Å². The van der Waals surface area contributed by atoms with Gasteiger partial charge in [-0.3, -0.25) is 10.1 Å². The molecular formula is C16H15NO4S. The molecule has 0 saturated heterocycles. The second-order valence-corrected chi connectivity index (χ2v) is 6.26. The van der Waals surface area contributed by atoms with E-state index in [0.717, 1.165) is 10.5 Å². The first-order valence-electron chi connectivity index (χ1n) is 6.83. The van der Waals surface area contributed by atoms with Crippen LogP contribution in [0.2, 0.25) is 0 Å². The number of methoxy groups -OCH3 is 1. The monoisotopic (exact) mass is 317 g/mol. The predicted octanol–water partition coefficient (Wildman–Crippen LogP) is 3.22. The minimum Gasteiger partial charge on any atom is -0.497 e. The minimum absolute atomic E-state index is 0.391. The van der Waals surface area contributed by atoms with Gasteiger partial charge >= 0.3 is 0 Å². The number of hydrogen-bond donors (Lipinski definition) is 1. The molecule has 0 amide bonds. The highest BCUT2D eigenvalue weighted by Gasteiger charge is 2.45. The molecule has 0 fully saturated rings. The highest BCUT2D eigenvalue weighted by atomic mass is 32.2. The zero-order valence-electron chi connectivity index (χ0n) is 11.9. The second-order valence-electron chi connectivity index (χ2n) is 5.07. The number of aliphatic hydroxyl groups excluding tert-OH is 1. The number of ether oxygens (including phenoxy) is 1.